The second kappa shape index (κ2) is 10.00. The molecule has 0 fully saturated rings. The molecule has 0 spiro atoms. The van der Waals surface area contributed by atoms with E-state index >= 15 is 0 Å². The first kappa shape index (κ1) is 19.2. The molecule has 25 heavy (non-hydrogen) atoms. The average molecular weight is 339 g/mol. The van der Waals surface area contributed by atoms with Gasteiger partial charge in [-0.25, -0.2) is 4.79 Å². The number of esters is 1. The fraction of sp³-hybridized carbons (Fsp3) is 0.409. The third-order valence-corrected chi connectivity index (χ3v) is 4.64. The van der Waals surface area contributed by atoms with Crippen LogP contribution >= 0.6 is 0 Å². The molecule has 2 rings (SSSR count). The van der Waals surface area contributed by atoms with E-state index in [9.17, 15) is 4.79 Å². The van der Waals surface area contributed by atoms with Crippen LogP contribution in [0.5, 0.6) is 0 Å². The first-order valence-corrected chi connectivity index (χ1v) is 9.15. The second-order valence-corrected chi connectivity index (χ2v) is 6.58. The Balaban J connectivity index is 1.94. The van der Waals surface area contributed by atoms with E-state index in [4.69, 9.17) is 4.74 Å². The average Bonchev–Trinajstić information content (AvgIpc) is 2.65. The Morgan fingerprint density at radius 1 is 1.00 bits per heavy atom. The van der Waals surface area contributed by atoms with Crippen LogP contribution in [0.3, 0.4) is 0 Å². The van der Waals surface area contributed by atoms with Crippen molar-refractivity contribution in [1.29, 1.82) is 0 Å². The Hall–Kier alpha value is -2.13. The molecule has 0 radical (unpaired) electrons. The number of carbonyl (C=O) groups excluding carboxylic acids is 1. The highest BCUT2D eigenvalue weighted by atomic mass is 16.5. The summed E-state index contributed by atoms with van der Waals surface area (Å²) >= 11 is 0. The molecule has 3 heteroatoms. The Bertz CT molecular complexity index is 627. The van der Waals surface area contributed by atoms with E-state index in [0.717, 1.165) is 19.4 Å². The van der Waals surface area contributed by atoms with Gasteiger partial charge in [0.05, 0.1) is 5.56 Å². The largest absolute Gasteiger partial charge is 0.459 e. The predicted octanol–water partition coefficient (Wildman–Crippen LogP) is 4.83. The Kier molecular flexibility index (Phi) is 7.68. The molecule has 0 aliphatic heterocycles. The van der Waals surface area contributed by atoms with Crippen molar-refractivity contribution in [3.05, 3.63) is 71.8 Å². The summed E-state index contributed by atoms with van der Waals surface area (Å²) in [5, 5.41) is 3.59. The van der Waals surface area contributed by atoms with Gasteiger partial charge in [0, 0.05) is 18.5 Å². The highest BCUT2D eigenvalue weighted by molar-refractivity contribution is 5.89. The molecule has 2 aromatic rings. The highest BCUT2D eigenvalue weighted by Gasteiger charge is 2.26. The molecule has 2 aromatic carbocycles. The number of nitrogens with one attached hydrogen (secondary N) is 1. The zero-order chi connectivity index (χ0) is 18.1. The third-order valence-electron chi connectivity index (χ3n) is 4.64. The van der Waals surface area contributed by atoms with Crippen molar-refractivity contribution >= 4 is 5.97 Å². The lowest BCUT2D eigenvalue weighted by atomic mass is 9.90. The zero-order valence-corrected chi connectivity index (χ0v) is 15.4. The van der Waals surface area contributed by atoms with Gasteiger partial charge in [0.1, 0.15) is 6.10 Å². The molecule has 3 atom stereocenters. The Morgan fingerprint density at radius 2 is 1.60 bits per heavy atom. The number of ether oxygens (including phenoxy) is 1. The summed E-state index contributed by atoms with van der Waals surface area (Å²) in [6.07, 6.45) is 1.95. The van der Waals surface area contributed by atoms with Crippen molar-refractivity contribution in [3.8, 4) is 0 Å². The molecule has 0 saturated heterocycles. The topological polar surface area (TPSA) is 38.3 Å². The lowest BCUT2D eigenvalue weighted by Crippen LogP contribution is -2.40. The van der Waals surface area contributed by atoms with E-state index in [1.807, 2.05) is 31.2 Å². The second-order valence-electron chi connectivity index (χ2n) is 6.58. The van der Waals surface area contributed by atoms with Crippen LogP contribution in [0.1, 0.15) is 49.5 Å². The molecule has 0 bridgehead atoms. The molecule has 134 valence electrons. The van der Waals surface area contributed by atoms with Gasteiger partial charge in [0.2, 0.25) is 0 Å². The minimum Gasteiger partial charge on any atom is -0.459 e. The van der Waals surface area contributed by atoms with Gasteiger partial charge < -0.3 is 10.1 Å². The van der Waals surface area contributed by atoms with Gasteiger partial charge in [-0.05, 0) is 38.0 Å². The van der Waals surface area contributed by atoms with E-state index in [1.165, 1.54) is 5.56 Å². The minimum absolute atomic E-state index is 0.133. The van der Waals surface area contributed by atoms with E-state index in [-0.39, 0.29) is 24.0 Å². The summed E-state index contributed by atoms with van der Waals surface area (Å²) < 4.78 is 5.75. The van der Waals surface area contributed by atoms with Gasteiger partial charge in [-0.15, -0.1) is 0 Å². The molecular weight excluding hydrogens is 310 g/mol. The summed E-state index contributed by atoms with van der Waals surface area (Å²) in [6.45, 7) is 7.17. The van der Waals surface area contributed by atoms with Crippen LogP contribution in [-0.4, -0.2) is 18.1 Å². The molecular formula is C22H29NO2. The first-order valence-electron chi connectivity index (χ1n) is 9.15. The zero-order valence-electron chi connectivity index (χ0n) is 15.4. The molecule has 0 saturated carbocycles. The van der Waals surface area contributed by atoms with Crippen LogP contribution < -0.4 is 5.32 Å². The quantitative estimate of drug-likeness (QED) is 0.665. The molecule has 3 unspecified atom stereocenters. The van der Waals surface area contributed by atoms with Crippen LogP contribution in [0.15, 0.2) is 60.7 Å². The number of rotatable bonds is 9. The van der Waals surface area contributed by atoms with Crippen LogP contribution in [0.4, 0.5) is 0 Å². The van der Waals surface area contributed by atoms with Crippen LogP contribution in [-0.2, 0) is 11.3 Å². The van der Waals surface area contributed by atoms with Crippen molar-refractivity contribution in [2.45, 2.75) is 52.3 Å². The van der Waals surface area contributed by atoms with Gasteiger partial charge in [-0.3, -0.25) is 0 Å². The van der Waals surface area contributed by atoms with Crippen LogP contribution in [0.2, 0.25) is 0 Å². The van der Waals surface area contributed by atoms with E-state index in [0.29, 0.717) is 5.56 Å². The molecule has 0 aromatic heterocycles. The van der Waals surface area contributed by atoms with Crippen molar-refractivity contribution in [2.75, 3.05) is 0 Å². The van der Waals surface area contributed by atoms with Gasteiger partial charge in [0.15, 0.2) is 0 Å². The summed E-state index contributed by atoms with van der Waals surface area (Å²) in [4.78, 5) is 12.3. The van der Waals surface area contributed by atoms with Crippen molar-refractivity contribution in [3.63, 3.8) is 0 Å². The maximum Gasteiger partial charge on any atom is 0.338 e. The molecule has 1 N–H and O–H groups in total. The van der Waals surface area contributed by atoms with Gasteiger partial charge in [0.25, 0.3) is 0 Å². The lowest BCUT2D eigenvalue weighted by molar-refractivity contribution is 0.0131. The lowest BCUT2D eigenvalue weighted by Gasteiger charge is -2.30. The highest BCUT2D eigenvalue weighted by Crippen LogP contribution is 2.20. The molecule has 0 aliphatic carbocycles. The summed E-state index contributed by atoms with van der Waals surface area (Å²) in [5.41, 5.74) is 1.87. The summed E-state index contributed by atoms with van der Waals surface area (Å²) in [5.74, 6) is 0.0332. The number of carbonyl (C=O) groups is 1. The fourth-order valence-electron chi connectivity index (χ4n) is 3.15. The van der Waals surface area contributed by atoms with E-state index in [1.54, 1.807) is 12.1 Å². The third kappa shape index (κ3) is 6.02. The standard InChI is InChI=1S/C22H29NO2/c1-4-11-21(17(2)23-16-19-12-7-5-8-13-19)18(3)25-22(24)20-14-9-6-10-15-20/h5-10,12-15,17-18,21,23H,4,11,16H2,1-3H3. The monoisotopic (exact) mass is 339 g/mol. The predicted molar refractivity (Wildman–Crippen MR) is 102 cm³/mol. The van der Waals surface area contributed by atoms with E-state index < -0.39 is 0 Å². The van der Waals surface area contributed by atoms with E-state index in [2.05, 4.69) is 43.4 Å². The van der Waals surface area contributed by atoms with Gasteiger partial charge in [-0.2, -0.15) is 0 Å². The SMILES string of the molecule is CCCC(C(C)NCc1ccccc1)C(C)OC(=O)c1ccccc1. The van der Waals surface area contributed by atoms with Crippen molar-refractivity contribution in [2.24, 2.45) is 5.92 Å². The fourth-order valence-corrected chi connectivity index (χ4v) is 3.15. The molecule has 0 amide bonds. The minimum atomic E-state index is -0.246. The smallest absolute Gasteiger partial charge is 0.338 e. The van der Waals surface area contributed by atoms with Crippen LogP contribution in [0.25, 0.3) is 0 Å². The van der Waals surface area contributed by atoms with Crippen molar-refractivity contribution in [1.82, 2.24) is 5.32 Å². The molecule has 3 nitrogen and oxygen atoms in total. The number of hydrogen-bond donors (Lipinski definition) is 1. The summed E-state index contributed by atoms with van der Waals surface area (Å²) in [6, 6.07) is 19.8. The maximum absolute atomic E-state index is 12.3. The molecule has 0 heterocycles. The van der Waals surface area contributed by atoms with Gasteiger partial charge in [-0.1, -0.05) is 61.9 Å². The Morgan fingerprint density at radius 3 is 2.20 bits per heavy atom. The maximum atomic E-state index is 12.3. The van der Waals surface area contributed by atoms with Gasteiger partial charge >= 0.3 is 5.97 Å². The molecule has 0 aliphatic rings. The normalized spacial score (nSPS) is 14.5. The Labute approximate surface area is 151 Å². The van der Waals surface area contributed by atoms with Crippen molar-refractivity contribution < 1.29 is 9.53 Å². The number of hydrogen-bond acceptors (Lipinski definition) is 3. The summed E-state index contributed by atoms with van der Waals surface area (Å²) in [7, 11) is 0. The number of benzene rings is 2. The van der Waals surface area contributed by atoms with Crippen LogP contribution in [0, 0.1) is 5.92 Å². The first-order chi connectivity index (χ1) is 12.1.